The Hall–Kier alpha value is -2.05. The third-order valence-corrected chi connectivity index (χ3v) is 3.58. The van der Waals surface area contributed by atoms with Crippen LogP contribution in [0, 0.1) is 6.92 Å². The van der Waals surface area contributed by atoms with Crippen LogP contribution in [0.4, 0.5) is 13.2 Å². The molecule has 0 radical (unpaired) electrons. The van der Waals surface area contributed by atoms with Gasteiger partial charge in [0.25, 0.3) is 5.91 Å². The minimum Gasteiger partial charge on any atom is -0.337 e. The average Bonchev–Trinajstić information content (AvgIpc) is 2.70. The normalized spacial score (nSPS) is 16.4. The maximum atomic E-state index is 12.5. The summed E-state index contributed by atoms with van der Waals surface area (Å²) in [5, 5.41) is 0. The van der Waals surface area contributed by atoms with Crippen LogP contribution in [0.1, 0.15) is 22.3 Å². The number of aryl methyl sites for hydroxylation is 1. The van der Waals surface area contributed by atoms with E-state index in [4.69, 9.17) is 0 Å². The Morgan fingerprint density at radius 3 is 2.32 bits per heavy atom. The van der Waals surface area contributed by atoms with Crippen LogP contribution in [0.15, 0.2) is 24.3 Å². The summed E-state index contributed by atoms with van der Waals surface area (Å²) in [5.74, 6) is -2.05. The van der Waals surface area contributed by atoms with Gasteiger partial charge in [0, 0.05) is 31.7 Å². The minimum atomic E-state index is -4.87. The van der Waals surface area contributed by atoms with E-state index in [1.165, 1.54) is 4.90 Å². The van der Waals surface area contributed by atoms with Crippen molar-refractivity contribution >= 4 is 11.8 Å². The molecule has 120 valence electrons. The van der Waals surface area contributed by atoms with Gasteiger partial charge in [-0.25, -0.2) is 0 Å². The van der Waals surface area contributed by atoms with Gasteiger partial charge in [-0.05, 0) is 25.5 Å². The molecular formula is C15H17F3N2O2. The van der Waals surface area contributed by atoms with Crippen LogP contribution >= 0.6 is 0 Å². The highest BCUT2D eigenvalue weighted by Gasteiger charge is 2.42. The number of halogens is 3. The molecule has 0 bridgehead atoms. The number of carbonyl (C=O) groups excluding carboxylic acids is 2. The summed E-state index contributed by atoms with van der Waals surface area (Å²) < 4.78 is 37.4. The van der Waals surface area contributed by atoms with Gasteiger partial charge in [0.05, 0.1) is 0 Å². The lowest BCUT2D eigenvalue weighted by atomic mass is 10.1. The second-order valence-corrected chi connectivity index (χ2v) is 5.31. The lowest BCUT2D eigenvalue weighted by molar-refractivity contribution is -0.185. The predicted molar refractivity (Wildman–Crippen MR) is 74.3 cm³/mol. The van der Waals surface area contributed by atoms with E-state index >= 15 is 0 Å². The zero-order chi connectivity index (χ0) is 16.3. The molecule has 1 aliphatic heterocycles. The van der Waals surface area contributed by atoms with Crippen LogP contribution in [-0.2, 0) is 4.79 Å². The van der Waals surface area contributed by atoms with E-state index in [9.17, 15) is 22.8 Å². The lowest BCUT2D eigenvalue weighted by Gasteiger charge is -2.23. The molecule has 2 amide bonds. The first kappa shape index (κ1) is 16.3. The smallest absolute Gasteiger partial charge is 0.337 e. The van der Waals surface area contributed by atoms with E-state index in [1.54, 1.807) is 18.2 Å². The molecule has 1 saturated heterocycles. The summed E-state index contributed by atoms with van der Waals surface area (Å²) in [7, 11) is 0. The first-order chi connectivity index (χ1) is 10.3. The molecule has 0 saturated carbocycles. The van der Waals surface area contributed by atoms with E-state index in [0.717, 1.165) is 10.5 Å². The molecule has 4 nitrogen and oxygen atoms in total. The monoisotopic (exact) mass is 314 g/mol. The van der Waals surface area contributed by atoms with Crippen molar-refractivity contribution in [2.45, 2.75) is 19.5 Å². The van der Waals surface area contributed by atoms with Gasteiger partial charge in [-0.3, -0.25) is 9.59 Å². The van der Waals surface area contributed by atoms with E-state index in [1.807, 2.05) is 13.0 Å². The fourth-order valence-electron chi connectivity index (χ4n) is 2.46. The van der Waals surface area contributed by atoms with E-state index < -0.39 is 12.1 Å². The second kappa shape index (κ2) is 6.37. The topological polar surface area (TPSA) is 40.6 Å². The van der Waals surface area contributed by atoms with Crippen molar-refractivity contribution in [2.24, 2.45) is 0 Å². The molecular weight excluding hydrogens is 297 g/mol. The van der Waals surface area contributed by atoms with Gasteiger partial charge in [-0.2, -0.15) is 13.2 Å². The molecule has 0 spiro atoms. The van der Waals surface area contributed by atoms with Gasteiger partial charge in [0.1, 0.15) is 0 Å². The molecule has 1 fully saturated rings. The molecule has 0 aromatic heterocycles. The number of rotatable bonds is 1. The average molecular weight is 314 g/mol. The minimum absolute atomic E-state index is 0.00986. The van der Waals surface area contributed by atoms with Crippen LogP contribution in [0.25, 0.3) is 0 Å². The molecule has 0 unspecified atom stereocenters. The summed E-state index contributed by atoms with van der Waals surface area (Å²) in [6.07, 6.45) is -4.53. The zero-order valence-corrected chi connectivity index (χ0v) is 12.2. The Bertz CT molecular complexity index is 572. The number of nitrogens with zero attached hydrogens (tertiary/aromatic N) is 2. The van der Waals surface area contributed by atoms with Gasteiger partial charge in [0.2, 0.25) is 0 Å². The third kappa shape index (κ3) is 3.78. The van der Waals surface area contributed by atoms with Crippen molar-refractivity contribution < 1.29 is 22.8 Å². The van der Waals surface area contributed by atoms with Crippen molar-refractivity contribution in [3.8, 4) is 0 Å². The molecule has 1 aliphatic rings. The van der Waals surface area contributed by atoms with Crippen molar-refractivity contribution in [2.75, 3.05) is 26.2 Å². The molecule has 7 heteroatoms. The number of carbonyl (C=O) groups is 2. The zero-order valence-electron chi connectivity index (χ0n) is 12.2. The quantitative estimate of drug-likeness (QED) is 0.797. The number of hydrogen-bond donors (Lipinski definition) is 0. The number of alkyl halides is 3. The standard InChI is InChI=1S/C15H17F3N2O2/c1-11-4-2-5-12(10-11)13(21)19-6-3-7-20(9-8-19)14(22)15(16,17)18/h2,4-5,10H,3,6-9H2,1H3. The van der Waals surface area contributed by atoms with Gasteiger partial charge < -0.3 is 9.80 Å². The van der Waals surface area contributed by atoms with Gasteiger partial charge in [-0.1, -0.05) is 17.7 Å². The highest BCUT2D eigenvalue weighted by Crippen LogP contribution is 2.20. The maximum absolute atomic E-state index is 12.5. The van der Waals surface area contributed by atoms with E-state index in [-0.39, 0.29) is 25.5 Å². The SMILES string of the molecule is Cc1cccc(C(=O)N2CCCN(C(=O)C(F)(F)F)CC2)c1. The van der Waals surface area contributed by atoms with Crippen LogP contribution in [0.3, 0.4) is 0 Å². The summed E-state index contributed by atoms with van der Waals surface area (Å²) >= 11 is 0. The summed E-state index contributed by atoms with van der Waals surface area (Å²) in [6.45, 7) is 2.22. The van der Waals surface area contributed by atoms with Crippen LogP contribution in [0.2, 0.25) is 0 Å². The highest BCUT2D eigenvalue weighted by molar-refractivity contribution is 5.94. The Balaban J connectivity index is 2.04. The lowest BCUT2D eigenvalue weighted by Crippen LogP contribution is -2.43. The largest absolute Gasteiger partial charge is 0.471 e. The van der Waals surface area contributed by atoms with E-state index in [2.05, 4.69) is 0 Å². The maximum Gasteiger partial charge on any atom is 0.471 e. The van der Waals surface area contributed by atoms with Crippen LogP contribution < -0.4 is 0 Å². The second-order valence-electron chi connectivity index (χ2n) is 5.31. The Kier molecular flexibility index (Phi) is 4.73. The summed E-state index contributed by atoms with van der Waals surface area (Å²) in [4.78, 5) is 25.9. The first-order valence-electron chi connectivity index (χ1n) is 7.01. The van der Waals surface area contributed by atoms with Crippen molar-refractivity contribution in [1.82, 2.24) is 9.80 Å². The van der Waals surface area contributed by atoms with Crippen molar-refractivity contribution in [3.63, 3.8) is 0 Å². The number of benzene rings is 1. The van der Waals surface area contributed by atoms with E-state index in [0.29, 0.717) is 18.5 Å². The molecule has 1 aromatic carbocycles. The third-order valence-electron chi connectivity index (χ3n) is 3.58. The molecule has 0 N–H and O–H groups in total. The summed E-state index contributed by atoms with van der Waals surface area (Å²) in [6, 6.07) is 7.05. The molecule has 1 aromatic rings. The molecule has 0 aliphatic carbocycles. The fraction of sp³-hybridized carbons (Fsp3) is 0.467. The number of amides is 2. The Morgan fingerprint density at radius 2 is 1.68 bits per heavy atom. The van der Waals surface area contributed by atoms with Crippen molar-refractivity contribution in [3.05, 3.63) is 35.4 Å². The molecule has 1 heterocycles. The molecule has 0 atom stereocenters. The molecule has 2 rings (SSSR count). The Labute approximate surface area is 126 Å². The van der Waals surface area contributed by atoms with Gasteiger partial charge >= 0.3 is 12.1 Å². The first-order valence-corrected chi connectivity index (χ1v) is 7.01. The highest BCUT2D eigenvalue weighted by atomic mass is 19.4. The van der Waals surface area contributed by atoms with Crippen LogP contribution in [-0.4, -0.2) is 54.0 Å². The van der Waals surface area contributed by atoms with Crippen molar-refractivity contribution in [1.29, 1.82) is 0 Å². The number of hydrogen-bond acceptors (Lipinski definition) is 2. The Morgan fingerprint density at radius 1 is 1.05 bits per heavy atom. The van der Waals surface area contributed by atoms with Gasteiger partial charge in [-0.15, -0.1) is 0 Å². The summed E-state index contributed by atoms with van der Waals surface area (Å²) in [5.41, 5.74) is 1.45. The van der Waals surface area contributed by atoms with Crippen LogP contribution in [0.5, 0.6) is 0 Å². The molecule has 22 heavy (non-hydrogen) atoms. The fourth-order valence-corrected chi connectivity index (χ4v) is 2.46. The predicted octanol–water partition coefficient (Wildman–Crippen LogP) is 2.23. The van der Waals surface area contributed by atoms with Gasteiger partial charge in [0.15, 0.2) is 0 Å².